The quantitative estimate of drug-likeness (QED) is 0.390. The van der Waals surface area contributed by atoms with Crippen molar-refractivity contribution in [2.45, 2.75) is 51.7 Å². The number of carbonyl (C=O) groups excluding carboxylic acids is 1. The van der Waals surface area contributed by atoms with E-state index in [9.17, 15) is 17.6 Å². The van der Waals surface area contributed by atoms with E-state index in [0.717, 1.165) is 6.26 Å². The van der Waals surface area contributed by atoms with Crippen molar-refractivity contribution in [3.63, 3.8) is 0 Å². The summed E-state index contributed by atoms with van der Waals surface area (Å²) in [6.45, 7) is 11.3. The Morgan fingerprint density at radius 3 is 2.10 bits per heavy atom. The van der Waals surface area contributed by atoms with Gasteiger partial charge in [-0.1, -0.05) is 0 Å². The summed E-state index contributed by atoms with van der Waals surface area (Å²) in [6, 6.07) is 10.4. The van der Waals surface area contributed by atoms with Gasteiger partial charge in [-0.15, -0.1) is 0 Å². The van der Waals surface area contributed by atoms with Crippen molar-refractivity contribution in [1.29, 1.82) is 0 Å². The third-order valence-corrected chi connectivity index (χ3v) is 7.98. The predicted octanol–water partition coefficient (Wildman–Crippen LogP) is 5.89. The zero-order valence-corrected chi connectivity index (χ0v) is 24.0. The van der Waals surface area contributed by atoms with Gasteiger partial charge in [0.1, 0.15) is 17.2 Å². The van der Waals surface area contributed by atoms with Crippen molar-refractivity contribution in [1.82, 2.24) is 9.47 Å². The van der Waals surface area contributed by atoms with Gasteiger partial charge in [-0.3, -0.25) is 0 Å². The van der Waals surface area contributed by atoms with Crippen LogP contribution in [0.15, 0.2) is 47.4 Å². The third kappa shape index (κ3) is 6.11. The molecule has 1 aromatic heterocycles. The number of piperazine rings is 1. The van der Waals surface area contributed by atoms with Crippen LogP contribution in [0.4, 0.5) is 19.3 Å². The lowest BCUT2D eigenvalue weighted by Crippen LogP contribution is -2.50. The van der Waals surface area contributed by atoms with Crippen molar-refractivity contribution in [3.05, 3.63) is 59.8 Å². The molecule has 0 bridgehead atoms. The summed E-state index contributed by atoms with van der Waals surface area (Å²) in [6.07, 6.45) is 0.754. The van der Waals surface area contributed by atoms with E-state index in [-0.39, 0.29) is 11.0 Å². The minimum atomic E-state index is -3.71. The summed E-state index contributed by atoms with van der Waals surface area (Å²) < 4.78 is 62.4. The lowest BCUT2D eigenvalue weighted by Gasteiger charge is -2.37. The zero-order chi connectivity index (χ0) is 28.7. The Morgan fingerprint density at radius 1 is 0.949 bits per heavy atom. The molecule has 4 rings (SSSR count). The largest absolute Gasteiger partial charge is 0.444 e. The Kier molecular flexibility index (Phi) is 7.80. The van der Waals surface area contributed by atoms with E-state index in [1.807, 2.05) is 37.2 Å². The average Bonchev–Trinajstić information content (AvgIpc) is 3.15. The first-order valence-corrected chi connectivity index (χ1v) is 14.8. The van der Waals surface area contributed by atoms with E-state index >= 15 is 4.39 Å². The summed E-state index contributed by atoms with van der Waals surface area (Å²) in [5, 5.41) is 0. The molecule has 10 heteroatoms. The van der Waals surface area contributed by atoms with Gasteiger partial charge in [-0.25, -0.2) is 22.0 Å². The van der Waals surface area contributed by atoms with Crippen LogP contribution < -0.4 is 4.90 Å². The molecule has 0 N–H and O–H groups in total. The second-order valence-electron chi connectivity index (χ2n) is 10.8. The highest BCUT2D eigenvalue weighted by atomic mass is 32.2. The van der Waals surface area contributed by atoms with Gasteiger partial charge in [-0.2, -0.15) is 0 Å². The predicted molar refractivity (Wildman–Crippen MR) is 149 cm³/mol. The fourth-order valence-electron chi connectivity index (χ4n) is 5.11. The third-order valence-electron chi connectivity index (χ3n) is 6.74. The molecule has 2 heterocycles. The maximum atomic E-state index is 15.1. The monoisotopic (exact) mass is 559 g/mol. The molecular formula is C29H35F2N3O4S. The Morgan fingerprint density at radius 2 is 1.56 bits per heavy atom. The molecular weight excluding hydrogens is 524 g/mol. The molecule has 7 nitrogen and oxygen atoms in total. The second-order valence-corrected chi connectivity index (χ2v) is 12.8. The first-order chi connectivity index (χ1) is 18.2. The van der Waals surface area contributed by atoms with Gasteiger partial charge in [0, 0.05) is 55.9 Å². The summed E-state index contributed by atoms with van der Waals surface area (Å²) in [7, 11) is -3.71. The van der Waals surface area contributed by atoms with Gasteiger partial charge >= 0.3 is 6.09 Å². The molecule has 210 valence electrons. The summed E-state index contributed by atoms with van der Waals surface area (Å²) in [5.74, 6) is -0.919. The van der Waals surface area contributed by atoms with Crippen LogP contribution in [0.25, 0.3) is 22.4 Å². The minimum absolute atomic E-state index is 0.120. The average molecular weight is 560 g/mol. The van der Waals surface area contributed by atoms with Crippen LogP contribution in [0.1, 0.15) is 33.4 Å². The van der Waals surface area contributed by atoms with Crippen LogP contribution >= 0.6 is 0 Å². The Hall–Kier alpha value is -3.40. The molecule has 1 fully saturated rings. The number of benzene rings is 2. The van der Waals surface area contributed by atoms with Crippen molar-refractivity contribution >= 4 is 21.6 Å². The maximum absolute atomic E-state index is 15.1. The smallest absolute Gasteiger partial charge is 0.410 e. The molecule has 0 radical (unpaired) electrons. The number of hydrogen-bond acceptors (Lipinski definition) is 5. The molecule has 1 amide bonds. The van der Waals surface area contributed by atoms with Crippen LogP contribution in [0, 0.1) is 18.6 Å². The first kappa shape index (κ1) is 28.6. The number of aromatic nitrogens is 1. The molecule has 0 aliphatic carbocycles. The normalized spacial score (nSPS) is 14.6. The number of nitrogens with zero attached hydrogens (tertiary/aromatic N) is 3. The molecule has 0 spiro atoms. The van der Waals surface area contributed by atoms with Crippen LogP contribution in [-0.2, 0) is 21.1 Å². The van der Waals surface area contributed by atoms with Gasteiger partial charge in [0.15, 0.2) is 9.84 Å². The van der Waals surface area contributed by atoms with Crippen LogP contribution in [0.3, 0.4) is 0 Å². The van der Waals surface area contributed by atoms with Crippen LogP contribution in [0.2, 0.25) is 0 Å². The topological polar surface area (TPSA) is 71.9 Å². The van der Waals surface area contributed by atoms with Crippen LogP contribution in [0.5, 0.6) is 0 Å². The Labute approximate surface area is 228 Å². The highest BCUT2D eigenvalue weighted by molar-refractivity contribution is 7.91. The molecule has 1 aliphatic rings. The molecule has 0 atom stereocenters. The number of amides is 1. The van der Waals surface area contributed by atoms with Gasteiger partial charge in [0.25, 0.3) is 0 Å². The number of ether oxygens (including phenoxy) is 1. The maximum Gasteiger partial charge on any atom is 0.410 e. The number of halogens is 2. The fraction of sp³-hybridized carbons (Fsp3) is 0.414. The Bertz CT molecular complexity index is 1480. The number of carbonyl (C=O) groups is 1. The molecule has 2 aromatic carbocycles. The van der Waals surface area contributed by atoms with Crippen molar-refractivity contribution in [2.24, 2.45) is 0 Å². The number of sulfone groups is 1. The summed E-state index contributed by atoms with van der Waals surface area (Å²) in [4.78, 5) is 16.2. The van der Waals surface area contributed by atoms with E-state index in [2.05, 4.69) is 0 Å². The zero-order valence-electron chi connectivity index (χ0n) is 23.2. The molecule has 1 saturated heterocycles. The highest BCUT2D eigenvalue weighted by Gasteiger charge is 2.30. The van der Waals surface area contributed by atoms with E-state index in [4.69, 9.17) is 4.74 Å². The standard InChI is InChI=1S/C29H35F2N3O4S/c1-7-34-19(2)27(39(6,36)37)25(26(34)20-8-10-22(30)11-9-20)21-16-23(31)18-24(17-21)32-12-14-33(15-13-32)28(35)38-29(3,4)5/h8-11,16-18H,7,12-15H2,1-6H3. The van der Waals surface area contributed by atoms with Crippen molar-refractivity contribution < 1.29 is 26.7 Å². The molecule has 39 heavy (non-hydrogen) atoms. The number of rotatable bonds is 5. The van der Waals surface area contributed by atoms with Crippen molar-refractivity contribution in [3.8, 4) is 22.4 Å². The minimum Gasteiger partial charge on any atom is -0.444 e. The molecule has 0 saturated carbocycles. The number of hydrogen-bond donors (Lipinski definition) is 0. The van der Waals surface area contributed by atoms with Gasteiger partial charge < -0.3 is 19.1 Å². The lowest BCUT2D eigenvalue weighted by atomic mass is 10.00. The van der Waals surface area contributed by atoms with Crippen molar-refractivity contribution in [2.75, 3.05) is 37.3 Å². The van der Waals surface area contributed by atoms with E-state index in [1.54, 1.807) is 30.0 Å². The summed E-state index contributed by atoms with van der Waals surface area (Å²) in [5.41, 5.74) is 2.53. The highest BCUT2D eigenvalue weighted by Crippen LogP contribution is 2.43. The molecule has 0 unspecified atom stereocenters. The summed E-state index contributed by atoms with van der Waals surface area (Å²) >= 11 is 0. The van der Waals surface area contributed by atoms with E-state index in [0.29, 0.717) is 66.5 Å². The van der Waals surface area contributed by atoms with Gasteiger partial charge in [0.05, 0.1) is 10.6 Å². The van der Waals surface area contributed by atoms with E-state index < -0.39 is 27.1 Å². The molecule has 3 aromatic rings. The van der Waals surface area contributed by atoms with Crippen LogP contribution in [-0.4, -0.2) is 62.0 Å². The van der Waals surface area contributed by atoms with E-state index in [1.165, 1.54) is 24.3 Å². The lowest BCUT2D eigenvalue weighted by molar-refractivity contribution is 0.0240. The first-order valence-electron chi connectivity index (χ1n) is 12.9. The Balaban J connectivity index is 1.79. The molecule has 1 aliphatic heterocycles. The second kappa shape index (κ2) is 10.6. The SMILES string of the molecule is CCn1c(C)c(S(C)(=O)=O)c(-c2cc(F)cc(N3CCN(C(=O)OC(C)(C)C)CC3)c2)c1-c1ccc(F)cc1. The van der Waals surface area contributed by atoms with Gasteiger partial charge in [0.2, 0.25) is 0 Å². The van der Waals surface area contributed by atoms with Gasteiger partial charge in [-0.05, 0) is 88.2 Å². The fourth-order valence-corrected chi connectivity index (χ4v) is 6.35. The number of anilines is 1.